The molecular formula is C11H14F2N2O. The first-order valence-corrected chi connectivity index (χ1v) is 4.99. The van der Waals surface area contributed by atoms with E-state index in [4.69, 9.17) is 11.5 Å². The van der Waals surface area contributed by atoms with Gasteiger partial charge in [0.2, 0.25) is 5.91 Å². The van der Waals surface area contributed by atoms with E-state index in [-0.39, 0.29) is 12.0 Å². The maximum Gasteiger partial charge on any atom is 0.217 e. The van der Waals surface area contributed by atoms with Gasteiger partial charge >= 0.3 is 0 Å². The molecule has 1 unspecified atom stereocenters. The van der Waals surface area contributed by atoms with Crippen molar-refractivity contribution in [2.75, 3.05) is 0 Å². The van der Waals surface area contributed by atoms with Gasteiger partial charge in [0.15, 0.2) is 0 Å². The molecule has 3 nitrogen and oxygen atoms in total. The van der Waals surface area contributed by atoms with E-state index in [1.54, 1.807) is 0 Å². The van der Waals surface area contributed by atoms with E-state index in [1.807, 2.05) is 0 Å². The molecule has 0 radical (unpaired) electrons. The number of benzene rings is 1. The zero-order valence-electron chi connectivity index (χ0n) is 8.75. The maximum absolute atomic E-state index is 13.3. The number of primary amides is 1. The molecule has 88 valence electrons. The van der Waals surface area contributed by atoms with Crippen LogP contribution in [-0.2, 0) is 4.79 Å². The van der Waals surface area contributed by atoms with Crippen molar-refractivity contribution < 1.29 is 13.6 Å². The third-order valence-electron chi connectivity index (χ3n) is 2.30. The molecule has 16 heavy (non-hydrogen) atoms. The lowest BCUT2D eigenvalue weighted by molar-refractivity contribution is -0.118. The van der Waals surface area contributed by atoms with Crippen LogP contribution in [0.3, 0.4) is 0 Å². The Hall–Kier alpha value is -1.49. The van der Waals surface area contributed by atoms with Crippen LogP contribution in [0.5, 0.6) is 0 Å². The molecule has 4 N–H and O–H groups in total. The molecule has 0 saturated carbocycles. The van der Waals surface area contributed by atoms with Gasteiger partial charge in [0.25, 0.3) is 0 Å². The van der Waals surface area contributed by atoms with Crippen molar-refractivity contribution in [3.63, 3.8) is 0 Å². The zero-order chi connectivity index (χ0) is 12.1. The molecule has 0 saturated heterocycles. The van der Waals surface area contributed by atoms with Crippen LogP contribution in [0.15, 0.2) is 18.2 Å². The van der Waals surface area contributed by atoms with Crippen molar-refractivity contribution in [2.24, 2.45) is 11.5 Å². The van der Waals surface area contributed by atoms with Crippen LogP contribution in [0.25, 0.3) is 0 Å². The quantitative estimate of drug-likeness (QED) is 0.804. The van der Waals surface area contributed by atoms with E-state index < -0.39 is 23.6 Å². The van der Waals surface area contributed by atoms with Gasteiger partial charge in [0.1, 0.15) is 11.6 Å². The highest BCUT2D eigenvalue weighted by Crippen LogP contribution is 2.20. The summed E-state index contributed by atoms with van der Waals surface area (Å²) in [4.78, 5) is 10.5. The first-order chi connectivity index (χ1) is 7.50. The molecule has 1 aromatic carbocycles. The van der Waals surface area contributed by atoms with Gasteiger partial charge < -0.3 is 11.5 Å². The normalized spacial score (nSPS) is 12.4. The summed E-state index contributed by atoms with van der Waals surface area (Å²) in [5.74, 6) is -1.48. The molecule has 1 aromatic rings. The Morgan fingerprint density at radius 1 is 1.38 bits per heavy atom. The molecule has 1 atom stereocenters. The SMILES string of the molecule is NC(=O)CCCC(N)c1cc(F)ccc1F. The first-order valence-electron chi connectivity index (χ1n) is 4.99. The molecule has 0 aromatic heterocycles. The Morgan fingerprint density at radius 2 is 2.06 bits per heavy atom. The molecular weight excluding hydrogens is 214 g/mol. The van der Waals surface area contributed by atoms with Crippen molar-refractivity contribution in [3.8, 4) is 0 Å². The second-order valence-electron chi connectivity index (χ2n) is 3.63. The Kier molecular flexibility index (Phi) is 4.37. The van der Waals surface area contributed by atoms with E-state index in [1.165, 1.54) is 0 Å². The summed E-state index contributed by atoms with van der Waals surface area (Å²) in [6.45, 7) is 0. The molecule has 0 aliphatic rings. The number of hydrogen-bond donors (Lipinski definition) is 2. The van der Waals surface area contributed by atoms with Crippen molar-refractivity contribution in [1.82, 2.24) is 0 Å². The van der Waals surface area contributed by atoms with Crippen molar-refractivity contribution in [3.05, 3.63) is 35.4 Å². The fourth-order valence-electron chi connectivity index (χ4n) is 1.45. The van der Waals surface area contributed by atoms with E-state index in [0.717, 1.165) is 18.2 Å². The number of nitrogens with two attached hydrogens (primary N) is 2. The number of carbonyl (C=O) groups excluding carboxylic acids is 1. The van der Waals surface area contributed by atoms with E-state index in [2.05, 4.69) is 0 Å². The third-order valence-corrected chi connectivity index (χ3v) is 2.30. The van der Waals surface area contributed by atoms with Gasteiger partial charge in [0, 0.05) is 18.0 Å². The average Bonchev–Trinajstić information content (AvgIpc) is 2.21. The molecule has 5 heteroatoms. The van der Waals surface area contributed by atoms with Crippen LogP contribution in [0.1, 0.15) is 30.9 Å². The minimum absolute atomic E-state index is 0.129. The van der Waals surface area contributed by atoms with Gasteiger partial charge in [-0.1, -0.05) is 0 Å². The third kappa shape index (κ3) is 3.58. The van der Waals surface area contributed by atoms with Gasteiger partial charge in [-0.3, -0.25) is 4.79 Å². The lowest BCUT2D eigenvalue weighted by atomic mass is 10.0. The van der Waals surface area contributed by atoms with Gasteiger partial charge in [0.05, 0.1) is 0 Å². The highest BCUT2D eigenvalue weighted by Gasteiger charge is 2.12. The minimum Gasteiger partial charge on any atom is -0.370 e. The van der Waals surface area contributed by atoms with Gasteiger partial charge in [-0.25, -0.2) is 8.78 Å². The van der Waals surface area contributed by atoms with Crippen LogP contribution >= 0.6 is 0 Å². The second kappa shape index (κ2) is 5.55. The van der Waals surface area contributed by atoms with Crippen LogP contribution in [-0.4, -0.2) is 5.91 Å². The summed E-state index contributed by atoms with van der Waals surface area (Å²) < 4.78 is 26.1. The Labute approximate surface area is 92.4 Å². The smallest absolute Gasteiger partial charge is 0.217 e. The number of halogens is 2. The predicted molar refractivity (Wildman–Crippen MR) is 56.3 cm³/mol. The largest absolute Gasteiger partial charge is 0.370 e. The van der Waals surface area contributed by atoms with E-state index in [9.17, 15) is 13.6 Å². The summed E-state index contributed by atoms with van der Waals surface area (Å²) in [7, 11) is 0. The maximum atomic E-state index is 13.3. The first kappa shape index (κ1) is 12.6. The molecule has 0 aliphatic heterocycles. The number of rotatable bonds is 5. The highest BCUT2D eigenvalue weighted by atomic mass is 19.1. The van der Waals surface area contributed by atoms with E-state index >= 15 is 0 Å². The molecule has 1 rings (SSSR count). The average molecular weight is 228 g/mol. The summed E-state index contributed by atoms with van der Waals surface area (Å²) in [6.07, 6.45) is 1.06. The minimum atomic E-state index is -0.616. The second-order valence-corrected chi connectivity index (χ2v) is 3.63. The summed E-state index contributed by atoms with van der Waals surface area (Å²) >= 11 is 0. The van der Waals surface area contributed by atoms with Crippen LogP contribution in [0, 0.1) is 11.6 Å². The van der Waals surface area contributed by atoms with Crippen molar-refractivity contribution in [2.45, 2.75) is 25.3 Å². The number of amides is 1. The molecule has 0 bridgehead atoms. The molecule has 0 fully saturated rings. The Morgan fingerprint density at radius 3 is 2.69 bits per heavy atom. The highest BCUT2D eigenvalue weighted by molar-refractivity contribution is 5.73. The zero-order valence-corrected chi connectivity index (χ0v) is 8.75. The Bertz CT molecular complexity index is 382. The topological polar surface area (TPSA) is 69.1 Å². The van der Waals surface area contributed by atoms with Crippen molar-refractivity contribution >= 4 is 5.91 Å². The summed E-state index contributed by atoms with van der Waals surface area (Å²) in [6, 6.07) is 2.53. The van der Waals surface area contributed by atoms with Crippen LogP contribution in [0.4, 0.5) is 8.78 Å². The fourth-order valence-corrected chi connectivity index (χ4v) is 1.45. The van der Waals surface area contributed by atoms with Crippen LogP contribution in [0.2, 0.25) is 0 Å². The fraction of sp³-hybridized carbons (Fsp3) is 0.364. The number of carbonyl (C=O) groups is 1. The summed E-state index contributed by atoms with van der Waals surface area (Å²) in [5, 5.41) is 0. The van der Waals surface area contributed by atoms with E-state index in [0.29, 0.717) is 12.8 Å². The molecule has 1 amide bonds. The van der Waals surface area contributed by atoms with Gasteiger partial charge in [-0.05, 0) is 31.0 Å². The number of hydrogen-bond acceptors (Lipinski definition) is 2. The van der Waals surface area contributed by atoms with Gasteiger partial charge in [-0.2, -0.15) is 0 Å². The Balaban J connectivity index is 2.61. The monoisotopic (exact) mass is 228 g/mol. The summed E-state index contributed by atoms with van der Waals surface area (Å²) in [5.41, 5.74) is 10.8. The molecule has 0 heterocycles. The standard InChI is InChI=1S/C11H14F2N2O/c12-7-4-5-9(13)8(6-7)10(14)2-1-3-11(15)16/h4-6,10H,1-3,14H2,(H2,15,16). The van der Waals surface area contributed by atoms with Crippen LogP contribution < -0.4 is 11.5 Å². The van der Waals surface area contributed by atoms with Gasteiger partial charge in [-0.15, -0.1) is 0 Å². The molecule has 0 aliphatic carbocycles. The molecule has 0 spiro atoms. The lowest BCUT2D eigenvalue weighted by Gasteiger charge is -2.12. The predicted octanol–water partition coefficient (Wildman–Crippen LogP) is 1.62. The lowest BCUT2D eigenvalue weighted by Crippen LogP contribution is -2.15. The van der Waals surface area contributed by atoms with Crippen molar-refractivity contribution in [1.29, 1.82) is 0 Å².